The minimum absolute atomic E-state index is 0.319. The first kappa shape index (κ1) is 13.1. The third-order valence-corrected chi connectivity index (χ3v) is 4.29. The zero-order valence-electron chi connectivity index (χ0n) is 10.8. The summed E-state index contributed by atoms with van der Waals surface area (Å²) < 4.78 is 6.27. The molecular weight excluding hydrogens is 296 g/mol. The van der Waals surface area contributed by atoms with Gasteiger partial charge in [-0.1, -0.05) is 17.4 Å². The van der Waals surface area contributed by atoms with E-state index in [1.807, 2.05) is 6.92 Å². The van der Waals surface area contributed by atoms with Crippen molar-refractivity contribution in [2.45, 2.75) is 13.8 Å². The molecule has 0 atom stereocenters. The summed E-state index contributed by atoms with van der Waals surface area (Å²) in [7, 11) is 0. The number of carbonyl (C=O) groups excluding carboxylic acids is 1. The highest BCUT2D eigenvalue weighted by Gasteiger charge is 2.19. The first-order valence-electron chi connectivity index (χ1n) is 5.94. The molecule has 1 N–H and O–H groups in total. The van der Waals surface area contributed by atoms with Gasteiger partial charge in [-0.3, -0.25) is 5.10 Å². The Hall–Kier alpha value is -1.93. The van der Waals surface area contributed by atoms with E-state index < -0.39 is 0 Å². The van der Waals surface area contributed by atoms with Crippen molar-refractivity contribution in [2.75, 3.05) is 6.61 Å². The fourth-order valence-corrected chi connectivity index (χ4v) is 3.36. The predicted octanol–water partition coefficient (Wildman–Crippen LogP) is 2.78. The zero-order chi connectivity index (χ0) is 14.3. The van der Waals surface area contributed by atoms with Gasteiger partial charge in [-0.25, -0.2) is 9.78 Å². The van der Waals surface area contributed by atoms with Gasteiger partial charge in [-0.2, -0.15) is 0 Å². The molecule has 3 aromatic heterocycles. The largest absolute Gasteiger partial charge is 0.462 e. The number of fused-ring (bicyclic) bond motifs is 3. The van der Waals surface area contributed by atoms with E-state index >= 15 is 0 Å². The second kappa shape index (κ2) is 4.88. The van der Waals surface area contributed by atoms with Gasteiger partial charge in [-0.15, -0.1) is 16.4 Å². The average molecular weight is 306 g/mol. The minimum atomic E-state index is -0.376. The summed E-state index contributed by atoms with van der Waals surface area (Å²) in [4.78, 5) is 17.3. The van der Waals surface area contributed by atoms with Crippen molar-refractivity contribution < 1.29 is 9.53 Å². The first-order chi connectivity index (χ1) is 9.61. The zero-order valence-corrected chi connectivity index (χ0v) is 12.4. The van der Waals surface area contributed by atoms with Crippen LogP contribution in [0.5, 0.6) is 0 Å². The molecule has 0 bridgehead atoms. The number of hydrogen-bond acceptors (Lipinski definition) is 7. The standard InChI is InChI=1S/C12H10N4O2S2/c1-3-18-12(17)6-4-5(2)13-11-7(6)8-9(20-11)10(19)15-16-14-8/h4H,3H2,1-2H3,(H,14,15,19). The number of ether oxygens (including phenoxy) is 1. The summed E-state index contributed by atoms with van der Waals surface area (Å²) in [5, 5.41) is 11.1. The van der Waals surface area contributed by atoms with Crippen molar-refractivity contribution in [3.63, 3.8) is 0 Å². The van der Waals surface area contributed by atoms with Crippen molar-refractivity contribution in [1.82, 2.24) is 20.4 Å². The summed E-state index contributed by atoms with van der Waals surface area (Å²) in [6.45, 7) is 3.93. The molecule has 8 heteroatoms. The molecule has 0 saturated heterocycles. The van der Waals surface area contributed by atoms with E-state index in [0.29, 0.717) is 27.7 Å². The van der Waals surface area contributed by atoms with Crippen LogP contribution in [0, 0.1) is 11.6 Å². The number of nitrogens with one attached hydrogen (secondary N) is 1. The Morgan fingerprint density at radius 2 is 2.35 bits per heavy atom. The molecule has 0 spiro atoms. The van der Waals surface area contributed by atoms with Crippen molar-refractivity contribution in [1.29, 1.82) is 0 Å². The van der Waals surface area contributed by atoms with E-state index in [1.165, 1.54) is 11.3 Å². The number of aryl methyl sites for hydroxylation is 1. The third-order valence-electron chi connectivity index (χ3n) is 2.78. The minimum Gasteiger partial charge on any atom is -0.462 e. The molecule has 0 radical (unpaired) electrons. The molecule has 0 aliphatic carbocycles. The van der Waals surface area contributed by atoms with Crippen molar-refractivity contribution >= 4 is 50.0 Å². The lowest BCUT2D eigenvalue weighted by Crippen LogP contribution is -2.06. The number of carbonyl (C=O) groups is 1. The molecule has 0 fully saturated rings. The SMILES string of the molecule is CCOC(=O)c1cc(C)nc2sc3c(=S)nn[nH]c3c12. The molecule has 20 heavy (non-hydrogen) atoms. The molecule has 0 amide bonds. The van der Waals surface area contributed by atoms with Gasteiger partial charge in [0.25, 0.3) is 0 Å². The molecule has 3 rings (SSSR count). The quantitative estimate of drug-likeness (QED) is 0.579. The molecule has 3 heterocycles. The van der Waals surface area contributed by atoms with E-state index in [0.717, 1.165) is 15.2 Å². The van der Waals surface area contributed by atoms with Crippen LogP contribution in [0.4, 0.5) is 0 Å². The van der Waals surface area contributed by atoms with Gasteiger partial charge in [0.1, 0.15) is 4.83 Å². The number of aromatic nitrogens is 4. The van der Waals surface area contributed by atoms with E-state index in [1.54, 1.807) is 13.0 Å². The summed E-state index contributed by atoms with van der Waals surface area (Å²) in [6, 6.07) is 1.71. The van der Waals surface area contributed by atoms with Gasteiger partial charge in [0.05, 0.1) is 27.8 Å². The van der Waals surface area contributed by atoms with E-state index in [4.69, 9.17) is 17.0 Å². The first-order valence-corrected chi connectivity index (χ1v) is 7.16. The number of nitrogens with zero attached hydrogens (tertiary/aromatic N) is 3. The predicted molar refractivity (Wildman–Crippen MR) is 78.6 cm³/mol. The lowest BCUT2D eigenvalue weighted by Gasteiger charge is -2.04. The lowest BCUT2D eigenvalue weighted by molar-refractivity contribution is 0.0528. The number of thiophene rings is 1. The maximum Gasteiger partial charge on any atom is 0.338 e. The van der Waals surface area contributed by atoms with E-state index in [9.17, 15) is 4.79 Å². The number of H-pyrrole nitrogens is 1. The summed E-state index contributed by atoms with van der Waals surface area (Å²) in [6.07, 6.45) is 0. The van der Waals surface area contributed by atoms with Crippen LogP contribution < -0.4 is 0 Å². The molecule has 0 unspecified atom stereocenters. The molecule has 6 nitrogen and oxygen atoms in total. The van der Waals surface area contributed by atoms with Gasteiger partial charge >= 0.3 is 5.97 Å². The van der Waals surface area contributed by atoms with E-state index in [-0.39, 0.29) is 5.97 Å². The Kier molecular flexibility index (Phi) is 3.19. The number of aromatic amines is 1. The van der Waals surface area contributed by atoms with Crippen molar-refractivity contribution in [3.05, 3.63) is 22.0 Å². The van der Waals surface area contributed by atoms with Crippen LogP contribution >= 0.6 is 23.6 Å². The van der Waals surface area contributed by atoms with Crippen LogP contribution in [0.15, 0.2) is 6.07 Å². The van der Waals surface area contributed by atoms with Crippen LogP contribution in [0.1, 0.15) is 23.0 Å². The number of hydrogen-bond donors (Lipinski definition) is 1. The highest BCUT2D eigenvalue weighted by atomic mass is 32.1. The fourth-order valence-electron chi connectivity index (χ4n) is 2.01. The maximum absolute atomic E-state index is 12.1. The average Bonchev–Trinajstić information content (AvgIpc) is 2.78. The van der Waals surface area contributed by atoms with Crippen LogP contribution in [-0.4, -0.2) is 33.0 Å². The van der Waals surface area contributed by atoms with Gasteiger partial charge < -0.3 is 4.74 Å². The van der Waals surface area contributed by atoms with Crippen LogP contribution in [0.25, 0.3) is 20.4 Å². The number of esters is 1. The van der Waals surface area contributed by atoms with Gasteiger partial charge in [0, 0.05) is 5.69 Å². The summed E-state index contributed by atoms with van der Waals surface area (Å²) in [5.41, 5.74) is 1.90. The maximum atomic E-state index is 12.1. The van der Waals surface area contributed by atoms with E-state index in [2.05, 4.69) is 20.4 Å². The van der Waals surface area contributed by atoms with Crippen LogP contribution in [-0.2, 0) is 4.74 Å². The Bertz CT molecular complexity index is 884. The van der Waals surface area contributed by atoms with Crippen LogP contribution in [0.2, 0.25) is 0 Å². The lowest BCUT2D eigenvalue weighted by atomic mass is 10.1. The van der Waals surface area contributed by atoms with Crippen molar-refractivity contribution in [3.8, 4) is 0 Å². The smallest absolute Gasteiger partial charge is 0.338 e. The molecule has 102 valence electrons. The summed E-state index contributed by atoms with van der Waals surface area (Å²) in [5.74, 6) is -0.376. The molecule has 0 saturated carbocycles. The van der Waals surface area contributed by atoms with Gasteiger partial charge in [0.15, 0.2) is 4.64 Å². The Balaban J connectivity index is 2.45. The molecule has 0 aliphatic rings. The highest BCUT2D eigenvalue weighted by molar-refractivity contribution is 7.71. The third kappa shape index (κ3) is 1.97. The highest BCUT2D eigenvalue weighted by Crippen LogP contribution is 2.34. The fraction of sp³-hybridized carbons (Fsp3) is 0.250. The molecular formula is C12H10N4O2S2. The molecule has 0 aliphatic heterocycles. The van der Waals surface area contributed by atoms with Gasteiger partial charge in [0.2, 0.25) is 0 Å². The molecule has 3 aromatic rings. The molecule has 0 aromatic carbocycles. The summed E-state index contributed by atoms with van der Waals surface area (Å²) >= 11 is 6.56. The number of rotatable bonds is 2. The Morgan fingerprint density at radius 1 is 1.55 bits per heavy atom. The second-order valence-electron chi connectivity index (χ2n) is 4.13. The monoisotopic (exact) mass is 306 g/mol. The topological polar surface area (TPSA) is 80.8 Å². The Morgan fingerprint density at radius 3 is 3.10 bits per heavy atom. The normalized spacial score (nSPS) is 11.1. The second-order valence-corrected chi connectivity index (χ2v) is 5.52. The Labute approximate surface area is 122 Å². The van der Waals surface area contributed by atoms with Crippen LogP contribution in [0.3, 0.4) is 0 Å². The van der Waals surface area contributed by atoms with Gasteiger partial charge in [-0.05, 0) is 19.9 Å². The van der Waals surface area contributed by atoms with Crippen molar-refractivity contribution in [2.24, 2.45) is 0 Å². The number of pyridine rings is 1.